The van der Waals surface area contributed by atoms with Crippen molar-refractivity contribution in [2.75, 3.05) is 11.9 Å². The maximum absolute atomic E-state index is 6.23. The summed E-state index contributed by atoms with van der Waals surface area (Å²) >= 11 is 0. The van der Waals surface area contributed by atoms with Gasteiger partial charge in [-0.25, -0.2) is 4.98 Å². The van der Waals surface area contributed by atoms with Gasteiger partial charge in [-0.05, 0) is 12.8 Å². The monoisotopic (exact) mass is 234 g/mol. The molecule has 6 heteroatoms. The Hall–Kier alpha value is -1.69. The molecule has 92 valence electrons. The largest absolute Gasteiger partial charge is 0.365 e. The molecular weight excluding hydrogens is 216 g/mol. The lowest BCUT2D eigenvalue weighted by molar-refractivity contribution is 0.418. The van der Waals surface area contributed by atoms with Gasteiger partial charge in [0.25, 0.3) is 0 Å². The highest BCUT2D eigenvalue weighted by Crippen LogP contribution is 2.15. The van der Waals surface area contributed by atoms with Crippen LogP contribution in [0.1, 0.15) is 26.7 Å². The molecule has 0 radical (unpaired) electrons. The zero-order chi connectivity index (χ0) is 12.3. The minimum absolute atomic E-state index is 0.200. The summed E-state index contributed by atoms with van der Waals surface area (Å²) in [6.07, 6.45) is 7.03. The van der Waals surface area contributed by atoms with E-state index in [0.29, 0.717) is 6.54 Å². The van der Waals surface area contributed by atoms with Gasteiger partial charge >= 0.3 is 0 Å². The third-order valence-electron chi connectivity index (χ3n) is 3.23. The molecule has 2 aromatic heterocycles. The third kappa shape index (κ3) is 2.36. The first-order valence-electron chi connectivity index (χ1n) is 5.85. The van der Waals surface area contributed by atoms with Crippen LogP contribution in [-0.4, -0.2) is 31.7 Å². The lowest BCUT2D eigenvalue weighted by Crippen LogP contribution is -2.45. The first-order valence-corrected chi connectivity index (χ1v) is 5.85. The summed E-state index contributed by atoms with van der Waals surface area (Å²) < 4.78 is 1.82. The van der Waals surface area contributed by atoms with E-state index in [4.69, 9.17) is 5.73 Å². The van der Waals surface area contributed by atoms with E-state index >= 15 is 0 Å². The fourth-order valence-corrected chi connectivity index (χ4v) is 1.64. The fraction of sp³-hybridized carbons (Fsp3) is 0.545. The molecule has 2 heterocycles. The highest BCUT2D eigenvalue weighted by atomic mass is 15.2. The molecule has 0 saturated heterocycles. The summed E-state index contributed by atoms with van der Waals surface area (Å²) in [5.74, 6) is 0.724. The van der Waals surface area contributed by atoms with Crippen LogP contribution in [0.3, 0.4) is 0 Å². The number of nitrogens with one attached hydrogen (secondary N) is 1. The summed E-state index contributed by atoms with van der Waals surface area (Å²) in [5.41, 5.74) is 6.75. The summed E-state index contributed by atoms with van der Waals surface area (Å²) in [4.78, 5) is 4.26. The Bertz CT molecular complexity index is 487. The van der Waals surface area contributed by atoms with Gasteiger partial charge in [0.05, 0.1) is 0 Å². The molecule has 0 saturated carbocycles. The van der Waals surface area contributed by atoms with Crippen molar-refractivity contribution in [1.82, 2.24) is 19.6 Å². The maximum atomic E-state index is 6.23. The summed E-state index contributed by atoms with van der Waals surface area (Å²) in [7, 11) is 0. The molecule has 0 aromatic carbocycles. The van der Waals surface area contributed by atoms with Crippen molar-refractivity contribution in [3.05, 3.63) is 18.7 Å². The third-order valence-corrected chi connectivity index (χ3v) is 3.23. The topological polar surface area (TPSA) is 81.1 Å². The van der Waals surface area contributed by atoms with Gasteiger partial charge in [0.1, 0.15) is 6.33 Å². The molecule has 0 bridgehead atoms. The van der Waals surface area contributed by atoms with Crippen molar-refractivity contribution in [1.29, 1.82) is 0 Å². The molecule has 0 spiro atoms. The minimum Gasteiger partial charge on any atom is -0.365 e. The molecule has 0 unspecified atom stereocenters. The van der Waals surface area contributed by atoms with Crippen LogP contribution in [0.4, 0.5) is 5.82 Å². The molecule has 0 fully saturated rings. The second-order valence-electron chi connectivity index (χ2n) is 4.26. The van der Waals surface area contributed by atoms with Crippen LogP contribution in [0.2, 0.25) is 0 Å². The molecule has 3 N–H and O–H groups in total. The number of hydrogen-bond donors (Lipinski definition) is 2. The van der Waals surface area contributed by atoms with Crippen LogP contribution >= 0.6 is 0 Å². The van der Waals surface area contributed by atoms with Crippen molar-refractivity contribution in [2.24, 2.45) is 5.73 Å². The Kier molecular flexibility index (Phi) is 3.23. The van der Waals surface area contributed by atoms with Gasteiger partial charge in [0.2, 0.25) is 5.65 Å². The molecule has 2 rings (SSSR count). The lowest BCUT2D eigenvalue weighted by atomic mass is 9.94. The number of aromatic nitrogens is 4. The van der Waals surface area contributed by atoms with Crippen LogP contribution in [0, 0.1) is 0 Å². The molecule has 0 aliphatic heterocycles. The van der Waals surface area contributed by atoms with Crippen molar-refractivity contribution >= 4 is 11.5 Å². The maximum Gasteiger partial charge on any atom is 0.203 e. The molecule has 6 nitrogen and oxygen atoms in total. The molecule has 2 aromatic rings. The van der Waals surface area contributed by atoms with Crippen LogP contribution in [0.15, 0.2) is 18.7 Å². The number of nitrogens with zero attached hydrogens (tertiary/aromatic N) is 4. The Balaban J connectivity index is 2.16. The number of hydrogen-bond acceptors (Lipinski definition) is 5. The van der Waals surface area contributed by atoms with E-state index in [1.54, 1.807) is 12.5 Å². The number of nitrogens with two attached hydrogens (primary N) is 1. The second kappa shape index (κ2) is 4.67. The average Bonchev–Trinajstić information content (AvgIpc) is 2.84. The van der Waals surface area contributed by atoms with E-state index in [2.05, 4.69) is 34.3 Å². The Morgan fingerprint density at radius 2 is 2.18 bits per heavy atom. The molecule has 0 aliphatic carbocycles. The van der Waals surface area contributed by atoms with Crippen LogP contribution in [0.25, 0.3) is 5.65 Å². The van der Waals surface area contributed by atoms with E-state index < -0.39 is 0 Å². The van der Waals surface area contributed by atoms with E-state index in [9.17, 15) is 0 Å². The SMILES string of the molecule is CCC(N)(CC)CNc1nccn2cnnc12. The second-order valence-corrected chi connectivity index (χ2v) is 4.26. The van der Waals surface area contributed by atoms with Gasteiger partial charge in [0.15, 0.2) is 5.82 Å². The van der Waals surface area contributed by atoms with E-state index in [-0.39, 0.29) is 5.54 Å². The Labute approximate surface area is 100 Å². The molecule has 17 heavy (non-hydrogen) atoms. The van der Waals surface area contributed by atoms with Gasteiger partial charge in [0, 0.05) is 24.5 Å². The summed E-state index contributed by atoms with van der Waals surface area (Å²) in [6, 6.07) is 0. The zero-order valence-corrected chi connectivity index (χ0v) is 10.2. The highest BCUT2D eigenvalue weighted by molar-refractivity contribution is 5.61. The molecular formula is C11H18N6. The van der Waals surface area contributed by atoms with Crippen LogP contribution < -0.4 is 11.1 Å². The Morgan fingerprint density at radius 3 is 2.88 bits per heavy atom. The van der Waals surface area contributed by atoms with Gasteiger partial charge in [-0.2, -0.15) is 0 Å². The predicted octanol–water partition coefficient (Wildman–Crippen LogP) is 1.05. The number of rotatable bonds is 5. The van der Waals surface area contributed by atoms with Gasteiger partial charge < -0.3 is 11.1 Å². The summed E-state index contributed by atoms with van der Waals surface area (Å²) in [5, 5.41) is 11.1. The Morgan fingerprint density at radius 1 is 1.41 bits per heavy atom. The predicted molar refractivity (Wildman–Crippen MR) is 66.8 cm³/mol. The minimum atomic E-state index is -0.200. The highest BCUT2D eigenvalue weighted by Gasteiger charge is 2.20. The zero-order valence-electron chi connectivity index (χ0n) is 10.2. The molecule has 0 atom stereocenters. The van der Waals surface area contributed by atoms with Crippen molar-refractivity contribution in [3.63, 3.8) is 0 Å². The smallest absolute Gasteiger partial charge is 0.203 e. The van der Waals surface area contributed by atoms with Gasteiger partial charge in [-0.15, -0.1) is 10.2 Å². The molecule has 0 aliphatic rings. The first-order chi connectivity index (χ1) is 8.18. The quantitative estimate of drug-likeness (QED) is 0.808. The van der Waals surface area contributed by atoms with Crippen molar-refractivity contribution in [2.45, 2.75) is 32.2 Å². The standard InChI is InChI=1S/C11H18N6/c1-3-11(12,4-2)7-14-9-10-16-15-8-17(10)6-5-13-9/h5-6,8H,3-4,7,12H2,1-2H3,(H,13,14). The normalized spacial score (nSPS) is 11.9. The van der Waals surface area contributed by atoms with Crippen LogP contribution in [0.5, 0.6) is 0 Å². The summed E-state index contributed by atoms with van der Waals surface area (Å²) in [6.45, 7) is 4.87. The van der Waals surface area contributed by atoms with Crippen molar-refractivity contribution < 1.29 is 0 Å². The lowest BCUT2D eigenvalue weighted by Gasteiger charge is -2.27. The van der Waals surface area contributed by atoms with E-state index in [1.807, 2.05) is 10.6 Å². The number of anilines is 1. The fourth-order valence-electron chi connectivity index (χ4n) is 1.64. The van der Waals surface area contributed by atoms with E-state index in [1.165, 1.54) is 0 Å². The van der Waals surface area contributed by atoms with Crippen molar-refractivity contribution in [3.8, 4) is 0 Å². The molecule has 0 amide bonds. The van der Waals surface area contributed by atoms with Crippen LogP contribution in [-0.2, 0) is 0 Å². The van der Waals surface area contributed by atoms with E-state index in [0.717, 1.165) is 24.3 Å². The number of fused-ring (bicyclic) bond motifs is 1. The van der Waals surface area contributed by atoms with Gasteiger partial charge in [-0.1, -0.05) is 13.8 Å². The average molecular weight is 234 g/mol. The van der Waals surface area contributed by atoms with Gasteiger partial charge in [-0.3, -0.25) is 4.40 Å². The first kappa shape index (κ1) is 11.8.